The van der Waals surface area contributed by atoms with E-state index in [1.807, 2.05) is 57.5 Å². The van der Waals surface area contributed by atoms with Gasteiger partial charge in [-0.1, -0.05) is 43.3 Å². The SMILES string of the molecule is Cc1ncsc1-c1ccc([C@]2(C)NC([C@@H]3C[C@@H](O)CN3C(=O)C(c3cc(OCCCCCNC(=O)c4cc5c(cc4CS(C)(=O)=O)-c4cn(C)c(=O)c6[nH]cc(c46)CN5c4ncc(F)cc4F)no3)C(C)C)=NO2)cc1. The molecule has 1 unspecified atom stereocenters. The first kappa shape index (κ1) is 52.0. The summed E-state index contributed by atoms with van der Waals surface area (Å²) in [6, 6.07) is 12.7. The number of pyridine rings is 2. The van der Waals surface area contributed by atoms with Crippen LogP contribution in [0.5, 0.6) is 5.88 Å². The highest BCUT2D eigenvalue weighted by molar-refractivity contribution is 7.89. The van der Waals surface area contributed by atoms with Crippen molar-refractivity contribution in [1.29, 1.82) is 0 Å². The summed E-state index contributed by atoms with van der Waals surface area (Å²) < 4.78 is 68.5. The normalized spacial score (nSPS) is 18.6. The van der Waals surface area contributed by atoms with Gasteiger partial charge < -0.3 is 49.2 Å². The fourth-order valence-corrected chi connectivity index (χ4v) is 11.9. The Balaban J connectivity index is 0.770. The van der Waals surface area contributed by atoms with Crippen LogP contribution in [0.15, 0.2) is 87.1 Å². The predicted molar refractivity (Wildman–Crippen MR) is 281 cm³/mol. The number of nitrogens with one attached hydrogen (secondary N) is 3. The van der Waals surface area contributed by atoms with Gasteiger partial charge in [0.2, 0.25) is 11.6 Å². The minimum absolute atomic E-state index is 0.0235. The molecule has 2 amide bonds. The molecule has 10 rings (SSSR count). The van der Waals surface area contributed by atoms with Crippen LogP contribution in [0.2, 0.25) is 0 Å². The van der Waals surface area contributed by atoms with Crippen LogP contribution >= 0.6 is 11.3 Å². The number of aromatic amines is 1. The number of aliphatic hydroxyl groups is 1. The second-order valence-corrected chi connectivity index (χ2v) is 23.1. The Morgan fingerprint density at radius 3 is 2.59 bits per heavy atom. The number of thiazole rings is 1. The molecule has 398 valence electrons. The van der Waals surface area contributed by atoms with Crippen molar-refractivity contribution in [2.45, 2.75) is 89.5 Å². The average Bonchev–Trinajstić information content (AvgIpc) is 4.34. The van der Waals surface area contributed by atoms with Crippen LogP contribution in [0, 0.1) is 24.5 Å². The topological polar surface area (TPSA) is 239 Å². The minimum Gasteiger partial charge on any atom is -0.476 e. The van der Waals surface area contributed by atoms with Gasteiger partial charge in [0.15, 0.2) is 33.1 Å². The number of aliphatic hydroxyl groups excluding tert-OH is 1. The van der Waals surface area contributed by atoms with Gasteiger partial charge in [-0.15, -0.1) is 11.3 Å². The molecule has 19 nitrogen and oxygen atoms in total. The molecular formula is C53H56F2N10O9S2. The number of H-pyrrole nitrogens is 1. The zero-order chi connectivity index (χ0) is 53.8. The number of likely N-dealkylation sites (tertiary alicyclic amines) is 1. The molecule has 0 spiro atoms. The number of hydrogen-bond acceptors (Lipinski definition) is 16. The first-order valence-electron chi connectivity index (χ1n) is 24.8. The van der Waals surface area contributed by atoms with Crippen LogP contribution in [0.25, 0.3) is 32.5 Å². The molecule has 76 heavy (non-hydrogen) atoms. The van der Waals surface area contributed by atoms with Crippen molar-refractivity contribution in [3.05, 3.63) is 128 Å². The number of nitrogens with zero attached hydrogens (tertiary/aromatic N) is 7. The Morgan fingerprint density at radius 1 is 1.08 bits per heavy atom. The van der Waals surface area contributed by atoms with E-state index in [4.69, 9.17) is 14.1 Å². The largest absolute Gasteiger partial charge is 0.476 e. The maximum Gasteiger partial charge on any atom is 0.274 e. The number of benzene rings is 2. The van der Waals surface area contributed by atoms with Gasteiger partial charge in [-0.05, 0) is 66.1 Å². The van der Waals surface area contributed by atoms with E-state index in [-0.39, 0.29) is 78.4 Å². The molecule has 3 aliphatic heterocycles. The molecule has 0 bridgehead atoms. The molecule has 7 aromatic rings. The number of ether oxygens (including phenoxy) is 1. The Kier molecular flexibility index (Phi) is 14.1. The maximum atomic E-state index is 15.6. The van der Waals surface area contributed by atoms with Crippen LogP contribution in [0.1, 0.15) is 90.9 Å². The van der Waals surface area contributed by atoms with E-state index in [2.05, 4.69) is 35.9 Å². The fourth-order valence-electron chi connectivity index (χ4n) is 10.3. The number of amidine groups is 1. The van der Waals surface area contributed by atoms with E-state index in [0.29, 0.717) is 64.7 Å². The van der Waals surface area contributed by atoms with Gasteiger partial charge in [-0.25, -0.2) is 27.2 Å². The molecule has 0 saturated carbocycles. The highest BCUT2D eigenvalue weighted by atomic mass is 32.2. The van der Waals surface area contributed by atoms with Crippen molar-refractivity contribution in [2.75, 3.05) is 30.9 Å². The lowest BCUT2D eigenvalue weighted by molar-refractivity contribution is -0.134. The van der Waals surface area contributed by atoms with Crippen LogP contribution in [0.4, 0.5) is 20.3 Å². The van der Waals surface area contributed by atoms with Gasteiger partial charge in [0.1, 0.15) is 17.3 Å². The number of fused-ring (bicyclic) bond motifs is 2. The molecule has 5 aromatic heterocycles. The van der Waals surface area contributed by atoms with E-state index in [1.54, 1.807) is 47.8 Å². The zero-order valence-corrected chi connectivity index (χ0v) is 44.2. The van der Waals surface area contributed by atoms with Gasteiger partial charge in [-0.2, -0.15) is 0 Å². The number of sulfone groups is 1. The second kappa shape index (κ2) is 20.6. The van der Waals surface area contributed by atoms with Crippen LogP contribution in [-0.2, 0) is 44.5 Å². The summed E-state index contributed by atoms with van der Waals surface area (Å²) in [5, 5.41) is 26.2. The monoisotopic (exact) mass is 1080 g/mol. The lowest BCUT2D eigenvalue weighted by Gasteiger charge is -2.30. The molecule has 1 saturated heterocycles. The van der Waals surface area contributed by atoms with Gasteiger partial charge in [0.05, 0.1) is 59.0 Å². The summed E-state index contributed by atoms with van der Waals surface area (Å²) in [7, 11) is -2.12. The van der Waals surface area contributed by atoms with E-state index in [9.17, 15) is 32.3 Å². The number of aryl methyl sites for hydroxylation is 2. The van der Waals surface area contributed by atoms with Crippen molar-refractivity contribution in [2.24, 2.45) is 18.1 Å². The summed E-state index contributed by atoms with van der Waals surface area (Å²) in [5.41, 5.74) is 5.68. The number of halogens is 2. The predicted octanol–water partition coefficient (Wildman–Crippen LogP) is 7.31. The summed E-state index contributed by atoms with van der Waals surface area (Å²) >= 11 is 1.57. The van der Waals surface area contributed by atoms with Crippen molar-refractivity contribution in [3.8, 4) is 27.4 Å². The molecule has 3 aliphatic rings. The molecule has 4 atom stereocenters. The molecule has 8 heterocycles. The fraction of sp³-hybridized carbons (Fsp3) is 0.377. The first-order chi connectivity index (χ1) is 36.3. The van der Waals surface area contributed by atoms with E-state index in [1.165, 1.54) is 15.5 Å². The maximum absolute atomic E-state index is 15.6. The number of hydrogen-bond donors (Lipinski definition) is 4. The minimum atomic E-state index is -3.70. The number of unbranched alkanes of at least 4 members (excludes halogenated alkanes) is 2. The highest BCUT2D eigenvalue weighted by Gasteiger charge is 2.47. The van der Waals surface area contributed by atoms with Gasteiger partial charge in [-0.3, -0.25) is 14.4 Å². The molecule has 23 heteroatoms. The van der Waals surface area contributed by atoms with Crippen LogP contribution < -0.4 is 25.8 Å². The first-order valence-corrected chi connectivity index (χ1v) is 27.8. The molecule has 0 radical (unpaired) electrons. The number of aromatic nitrogens is 5. The lowest BCUT2D eigenvalue weighted by Crippen LogP contribution is -2.50. The number of oxime groups is 1. The average molecular weight is 1080 g/mol. The molecule has 1 fully saturated rings. The summed E-state index contributed by atoms with van der Waals surface area (Å²) in [6.07, 6.45) is 6.33. The number of carbonyl (C=O) groups excluding carboxylic acids is 2. The Hall–Kier alpha value is -7.50. The van der Waals surface area contributed by atoms with Gasteiger partial charge in [0.25, 0.3) is 17.3 Å². The van der Waals surface area contributed by atoms with Crippen molar-refractivity contribution >= 4 is 61.2 Å². The number of anilines is 2. The number of rotatable bonds is 17. The summed E-state index contributed by atoms with van der Waals surface area (Å²) in [5.74, 6) is -3.46. The second-order valence-electron chi connectivity index (χ2n) is 20.1. The molecule has 0 aliphatic carbocycles. The highest BCUT2D eigenvalue weighted by Crippen LogP contribution is 2.45. The van der Waals surface area contributed by atoms with Crippen molar-refractivity contribution in [1.82, 2.24) is 40.2 Å². The van der Waals surface area contributed by atoms with Gasteiger partial charge >= 0.3 is 0 Å². The summed E-state index contributed by atoms with van der Waals surface area (Å²) in [6.45, 7) is 8.16. The molecule has 4 N–H and O–H groups in total. The van der Waals surface area contributed by atoms with E-state index >= 15 is 4.39 Å². The molecule has 2 aromatic carbocycles. The van der Waals surface area contributed by atoms with E-state index < -0.39 is 56.9 Å². The van der Waals surface area contributed by atoms with Gasteiger partial charge in [0, 0.05) is 91.9 Å². The van der Waals surface area contributed by atoms with Crippen molar-refractivity contribution in [3.63, 3.8) is 0 Å². The van der Waals surface area contributed by atoms with E-state index in [0.717, 1.165) is 34.2 Å². The molecular weight excluding hydrogens is 1020 g/mol. The Morgan fingerprint density at radius 2 is 1.87 bits per heavy atom. The number of amides is 2. The Labute approximate surface area is 439 Å². The lowest BCUT2D eigenvalue weighted by atomic mass is 9.91. The smallest absolute Gasteiger partial charge is 0.274 e. The Bertz CT molecular complexity index is 3590. The van der Waals surface area contributed by atoms with Crippen molar-refractivity contribution < 1.29 is 46.0 Å². The third-order valence-corrected chi connectivity index (χ3v) is 15.9. The third-order valence-electron chi connectivity index (χ3n) is 14.0. The number of β-amino-alcohol motifs (C(OH)–C–C–N with tert-alkyl or cyclic N) is 1. The zero-order valence-electron chi connectivity index (χ0n) is 42.5. The summed E-state index contributed by atoms with van der Waals surface area (Å²) in [4.78, 5) is 63.3. The standard InChI is InChI=1S/C53H56F2N10O9S2/c1-28(2)44(51(68)65-24-35(66)18-41(65)48-60-53(4,74-62-48)33-12-10-30(11-13-33)47-29(3)59-27-75-47)42-20-43(61-73-42)72-15-9-7-8-14-56-50(67)36-19-40-37(16-31(36)26-76(6,70)71)38-25-63(5)52(69)46-45(38)32(21-57-46)23-64(40)49-39(55)17-34(54)22-58-49/h10-13,16-17,19-22,25,27-28,35,41,44,57,66H,7-9,14-15,18,23-24,26H2,1-6H3,(H,56,67)(H,60,62)/t35-,41+,44?,53-/m1/s1. The van der Waals surface area contributed by atoms with Crippen LogP contribution in [0.3, 0.4) is 0 Å². The number of carbonyl (C=O) groups is 2. The van der Waals surface area contributed by atoms with Crippen LogP contribution in [-0.4, -0.2) is 98.8 Å². The quantitative estimate of drug-likeness (QED) is 0.0655. The third kappa shape index (κ3) is 10.2.